The van der Waals surface area contributed by atoms with Gasteiger partial charge in [0.15, 0.2) is 0 Å². The molecule has 1 aromatic carbocycles. The molecule has 2 heteroatoms. The summed E-state index contributed by atoms with van der Waals surface area (Å²) in [6.07, 6.45) is 3.95. The number of hydrogen-bond acceptors (Lipinski definition) is 1. The summed E-state index contributed by atoms with van der Waals surface area (Å²) in [5.74, 6) is 0. The maximum absolute atomic E-state index is 9.07. The van der Waals surface area contributed by atoms with Crippen molar-refractivity contribution in [2.45, 2.75) is 18.3 Å². The van der Waals surface area contributed by atoms with E-state index < -0.39 is 0 Å². The molecule has 0 atom stereocenters. The van der Waals surface area contributed by atoms with Crippen molar-refractivity contribution in [3.63, 3.8) is 0 Å². The van der Waals surface area contributed by atoms with Crippen LogP contribution in [0, 0.1) is 11.3 Å². The van der Waals surface area contributed by atoms with Crippen molar-refractivity contribution in [2.75, 3.05) is 0 Å². The molecule has 14 heavy (non-hydrogen) atoms. The van der Waals surface area contributed by atoms with Crippen LogP contribution in [-0.2, 0) is 5.41 Å². The number of hydrogen-bond donors (Lipinski definition) is 1. The molecule has 0 amide bonds. The molecule has 2 nitrogen and oxygen atoms in total. The Kier molecular flexibility index (Phi) is 1.30. The average Bonchev–Trinajstić information content (AvgIpc) is 2.89. The number of nitrogens with zero attached hydrogens (tertiary/aromatic N) is 1. The van der Waals surface area contributed by atoms with Crippen LogP contribution in [0.4, 0.5) is 0 Å². The molecule has 1 aliphatic rings. The quantitative estimate of drug-likeness (QED) is 0.723. The summed E-state index contributed by atoms with van der Waals surface area (Å²) in [6.45, 7) is 0. The second-order valence-electron chi connectivity index (χ2n) is 3.97. The van der Waals surface area contributed by atoms with Gasteiger partial charge in [0.1, 0.15) is 0 Å². The van der Waals surface area contributed by atoms with E-state index in [2.05, 4.69) is 29.3 Å². The van der Waals surface area contributed by atoms with Crippen LogP contribution in [0.15, 0.2) is 30.5 Å². The van der Waals surface area contributed by atoms with Gasteiger partial charge in [0.2, 0.25) is 0 Å². The average molecular weight is 182 g/mol. The lowest BCUT2D eigenvalue weighted by Crippen LogP contribution is -2.01. The molecule has 68 valence electrons. The molecule has 0 aliphatic heterocycles. The third-order valence-electron chi connectivity index (χ3n) is 3.07. The van der Waals surface area contributed by atoms with Crippen LogP contribution < -0.4 is 0 Å². The number of fused-ring (bicyclic) bond motifs is 1. The maximum Gasteiger partial charge on any atom is 0.0824 e. The lowest BCUT2D eigenvalue weighted by Gasteiger charge is -2.05. The Balaban J connectivity index is 2.19. The number of aromatic nitrogens is 1. The molecule has 3 rings (SSSR count). The molecule has 0 unspecified atom stereocenters. The normalized spacial score (nSPS) is 17.9. The second kappa shape index (κ2) is 2.39. The third-order valence-corrected chi connectivity index (χ3v) is 3.07. The highest BCUT2D eigenvalue weighted by atomic mass is 14.7. The first kappa shape index (κ1) is 7.64. The highest BCUT2D eigenvalue weighted by molar-refractivity contribution is 5.80. The van der Waals surface area contributed by atoms with E-state index in [-0.39, 0.29) is 5.41 Å². The van der Waals surface area contributed by atoms with Crippen molar-refractivity contribution < 1.29 is 0 Å². The highest BCUT2D eigenvalue weighted by Gasteiger charge is 2.44. The standard InChI is InChI=1S/C12H10N2/c13-8-12(4-5-12)10-2-1-9-3-6-14-11(9)7-10/h1-3,6-7,14H,4-5H2. The summed E-state index contributed by atoms with van der Waals surface area (Å²) < 4.78 is 0. The molecular formula is C12H10N2. The molecular weight excluding hydrogens is 172 g/mol. The third kappa shape index (κ3) is 0.898. The van der Waals surface area contributed by atoms with E-state index in [0.717, 1.165) is 23.9 Å². The van der Waals surface area contributed by atoms with Crippen molar-refractivity contribution in [1.82, 2.24) is 4.98 Å². The summed E-state index contributed by atoms with van der Waals surface area (Å²) in [5.41, 5.74) is 2.12. The van der Waals surface area contributed by atoms with E-state index in [1.54, 1.807) is 0 Å². The van der Waals surface area contributed by atoms with Crippen LogP contribution in [0.1, 0.15) is 18.4 Å². The molecule has 2 aromatic rings. The molecule has 0 bridgehead atoms. The lowest BCUT2D eigenvalue weighted by atomic mass is 9.97. The van der Waals surface area contributed by atoms with E-state index in [4.69, 9.17) is 5.26 Å². The Hall–Kier alpha value is -1.75. The summed E-state index contributed by atoms with van der Waals surface area (Å²) in [7, 11) is 0. The van der Waals surface area contributed by atoms with Gasteiger partial charge < -0.3 is 4.98 Å². The molecule has 1 saturated carbocycles. The zero-order valence-corrected chi connectivity index (χ0v) is 7.75. The van der Waals surface area contributed by atoms with Gasteiger partial charge in [0, 0.05) is 11.7 Å². The number of benzene rings is 1. The van der Waals surface area contributed by atoms with Crippen LogP contribution in [0.2, 0.25) is 0 Å². The lowest BCUT2D eigenvalue weighted by molar-refractivity contribution is 0.911. The number of aromatic amines is 1. The maximum atomic E-state index is 9.07. The molecule has 0 radical (unpaired) electrons. The predicted molar refractivity (Wildman–Crippen MR) is 54.8 cm³/mol. The summed E-state index contributed by atoms with van der Waals surface area (Å²) in [4.78, 5) is 3.17. The first-order valence-electron chi connectivity index (χ1n) is 4.83. The molecule has 0 saturated heterocycles. The minimum atomic E-state index is -0.167. The Bertz CT molecular complexity index is 526. The smallest absolute Gasteiger partial charge is 0.0824 e. The zero-order chi connectivity index (χ0) is 9.60. The fourth-order valence-corrected chi connectivity index (χ4v) is 1.94. The molecule has 1 heterocycles. The van der Waals surface area contributed by atoms with Gasteiger partial charge in [-0.05, 0) is 35.9 Å². The van der Waals surface area contributed by atoms with Crippen molar-refractivity contribution in [3.05, 3.63) is 36.0 Å². The molecule has 1 fully saturated rings. The number of H-pyrrole nitrogens is 1. The van der Waals surface area contributed by atoms with Crippen LogP contribution in [-0.4, -0.2) is 4.98 Å². The fourth-order valence-electron chi connectivity index (χ4n) is 1.94. The van der Waals surface area contributed by atoms with Crippen molar-refractivity contribution >= 4 is 10.9 Å². The van der Waals surface area contributed by atoms with Crippen molar-refractivity contribution in [1.29, 1.82) is 5.26 Å². The van der Waals surface area contributed by atoms with Gasteiger partial charge >= 0.3 is 0 Å². The minimum Gasteiger partial charge on any atom is -0.361 e. The number of nitriles is 1. The Labute approximate surface area is 82.2 Å². The first-order chi connectivity index (χ1) is 6.84. The monoisotopic (exact) mass is 182 g/mol. The second-order valence-corrected chi connectivity index (χ2v) is 3.97. The topological polar surface area (TPSA) is 39.6 Å². The molecule has 1 aromatic heterocycles. The van der Waals surface area contributed by atoms with Crippen LogP contribution >= 0.6 is 0 Å². The number of rotatable bonds is 1. The summed E-state index contributed by atoms with van der Waals surface area (Å²) >= 11 is 0. The van der Waals surface area contributed by atoms with Gasteiger partial charge in [-0.2, -0.15) is 5.26 Å². The van der Waals surface area contributed by atoms with Crippen LogP contribution in [0.3, 0.4) is 0 Å². The van der Waals surface area contributed by atoms with Gasteiger partial charge in [-0.3, -0.25) is 0 Å². The van der Waals surface area contributed by atoms with E-state index in [0.29, 0.717) is 0 Å². The minimum absolute atomic E-state index is 0.167. The largest absolute Gasteiger partial charge is 0.361 e. The summed E-state index contributed by atoms with van der Waals surface area (Å²) in [6, 6.07) is 10.7. The van der Waals surface area contributed by atoms with Crippen molar-refractivity contribution in [2.24, 2.45) is 0 Å². The van der Waals surface area contributed by atoms with E-state index in [9.17, 15) is 0 Å². The molecule has 1 N–H and O–H groups in total. The van der Waals surface area contributed by atoms with Crippen LogP contribution in [0.5, 0.6) is 0 Å². The summed E-state index contributed by atoms with van der Waals surface area (Å²) in [5, 5.41) is 10.3. The van der Waals surface area contributed by atoms with E-state index in [1.165, 1.54) is 5.39 Å². The van der Waals surface area contributed by atoms with Gasteiger partial charge in [-0.1, -0.05) is 12.1 Å². The van der Waals surface area contributed by atoms with E-state index >= 15 is 0 Å². The zero-order valence-electron chi connectivity index (χ0n) is 7.75. The Morgan fingerprint density at radius 1 is 1.29 bits per heavy atom. The van der Waals surface area contributed by atoms with Crippen LogP contribution in [0.25, 0.3) is 10.9 Å². The molecule has 0 spiro atoms. The fraction of sp³-hybridized carbons (Fsp3) is 0.250. The SMILES string of the molecule is N#CC1(c2ccc3cc[nH]c3c2)CC1. The van der Waals surface area contributed by atoms with Gasteiger partial charge in [-0.15, -0.1) is 0 Å². The highest BCUT2D eigenvalue weighted by Crippen LogP contribution is 2.47. The predicted octanol–water partition coefficient (Wildman–Crippen LogP) is 2.72. The molecule has 1 aliphatic carbocycles. The Morgan fingerprint density at radius 3 is 2.86 bits per heavy atom. The van der Waals surface area contributed by atoms with Gasteiger partial charge in [0.25, 0.3) is 0 Å². The van der Waals surface area contributed by atoms with E-state index in [1.807, 2.05) is 12.3 Å². The number of nitrogens with one attached hydrogen (secondary N) is 1. The Morgan fingerprint density at radius 2 is 2.14 bits per heavy atom. The van der Waals surface area contributed by atoms with Crippen molar-refractivity contribution in [3.8, 4) is 6.07 Å². The first-order valence-corrected chi connectivity index (χ1v) is 4.83. The van der Waals surface area contributed by atoms with Gasteiger partial charge in [-0.25, -0.2) is 0 Å². The van der Waals surface area contributed by atoms with Gasteiger partial charge in [0.05, 0.1) is 11.5 Å².